The van der Waals surface area contributed by atoms with Crippen LogP contribution in [0.15, 0.2) is 41.0 Å². The highest BCUT2D eigenvalue weighted by atomic mass is 79.9. The van der Waals surface area contributed by atoms with E-state index in [-0.39, 0.29) is 0 Å². The van der Waals surface area contributed by atoms with Gasteiger partial charge in [-0.1, -0.05) is 37.3 Å². The van der Waals surface area contributed by atoms with Crippen LogP contribution in [0.4, 0.5) is 0 Å². The van der Waals surface area contributed by atoms with E-state index < -0.39 is 0 Å². The number of fused-ring (bicyclic) bond motifs is 1. The molecule has 1 aromatic carbocycles. The van der Waals surface area contributed by atoms with Crippen molar-refractivity contribution in [3.05, 3.63) is 46.7 Å². The maximum Gasteiger partial charge on any atom is 0.161 e. The van der Waals surface area contributed by atoms with E-state index >= 15 is 0 Å². The summed E-state index contributed by atoms with van der Waals surface area (Å²) in [5.74, 6) is 0.790. The monoisotopic (exact) mass is 315 g/mol. The lowest BCUT2D eigenvalue weighted by Gasteiger charge is -2.06. The summed E-state index contributed by atoms with van der Waals surface area (Å²) in [6, 6.07) is 10.1. The smallest absolute Gasteiger partial charge is 0.161 e. The van der Waals surface area contributed by atoms with Crippen molar-refractivity contribution in [1.29, 1.82) is 0 Å². The van der Waals surface area contributed by atoms with Crippen LogP contribution in [0.2, 0.25) is 0 Å². The molecule has 0 spiro atoms. The van der Waals surface area contributed by atoms with E-state index in [1.54, 1.807) is 0 Å². The predicted octanol–water partition coefficient (Wildman–Crippen LogP) is 3.96. The van der Waals surface area contributed by atoms with Crippen molar-refractivity contribution in [1.82, 2.24) is 14.5 Å². The normalized spacial score (nSPS) is 11.1. The Labute approximate surface area is 120 Å². The van der Waals surface area contributed by atoms with Gasteiger partial charge in [0.1, 0.15) is 5.65 Å². The fraction of sp³-hybridized carbons (Fsp3) is 0.200. The highest BCUT2D eigenvalue weighted by Gasteiger charge is 2.14. The van der Waals surface area contributed by atoms with Crippen molar-refractivity contribution in [3.63, 3.8) is 0 Å². The van der Waals surface area contributed by atoms with Crippen molar-refractivity contribution in [3.8, 4) is 11.4 Å². The summed E-state index contributed by atoms with van der Waals surface area (Å²) >= 11 is 3.59. The molecule has 0 radical (unpaired) electrons. The molecule has 0 aliphatic carbocycles. The van der Waals surface area contributed by atoms with Crippen LogP contribution >= 0.6 is 15.9 Å². The number of hydrogen-bond acceptors (Lipinski definition) is 2. The molecule has 4 heteroatoms. The molecule has 0 bridgehead atoms. The van der Waals surface area contributed by atoms with Crippen LogP contribution in [0.5, 0.6) is 0 Å². The Bertz CT molecular complexity index is 732. The molecule has 2 heterocycles. The second-order valence-corrected chi connectivity index (χ2v) is 5.35. The molecule has 0 unspecified atom stereocenters. The zero-order valence-corrected chi connectivity index (χ0v) is 12.5. The van der Waals surface area contributed by atoms with E-state index in [9.17, 15) is 0 Å². The van der Waals surface area contributed by atoms with Crippen LogP contribution in [-0.4, -0.2) is 14.5 Å². The van der Waals surface area contributed by atoms with Crippen LogP contribution < -0.4 is 0 Å². The molecule has 3 aromatic rings. The van der Waals surface area contributed by atoms with Crippen molar-refractivity contribution in [2.45, 2.75) is 13.3 Å². The van der Waals surface area contributed by atoms with Crippen LogP contribution in [0.3, 0.4) is 0 Å². The minimum absolute atomic E-state index is 0.790. The largest absolute Gasteiger partial charge is 0.334 e. The van der Waals surface area contributed by atoms with E-state index in [1.807, 2.05) is 48.1 Å². The molecule has 96 valence electrons. The first-order valence-electron chi connectivity index (χ1n) is 6.27. The SMILES string of the molecule is CCc1nc(-c2ccccc2)nc2c1c(Br)cn2C. The zero-order valence-electron chi connectivity index (χ0n) is 10.9. The van der Waals surface area contributed by atoms with E-state index in [0.717, 1.165) is 39.0 Å². The minimum atomic E-state index is 0.790. The van der Waals surface area contributed by atoms with Crippen LogP contribution in [0, 0.1) is 0 Å². The van der Waals surface area contributed by atoms with Gasteiger partial charge < -0.3 is 4.57 Å². The first kappa shape index (κ1) is 12.4. The molecule has 0 amide bonds. The minimum Gasteiger partial charge on any atom is -0.334 e. The Hall–Kier alpha value is -1.68. The molecular weight excluding hydrogens is 302 g/mol. The Balaban J connectivity index is 2.32. The first-order valence-corrected chi connectivity index (χ1v) is 7.07. The maximum atomic E-state index is 4.71. The molecule has 0 saturated carbocycles. The van der Waals surface area contributed by atoms with E-state index in [1.165, 1.54) is 0 Å². The molecular formula is C15H14BrN3. The molecule has 3 nitrogen and oxygen atoms in total. The second kappa shape index (κ2) is 4.78. The fourth-order valence-electron chi connectivity index (χ4n) is 2.26. The number of hydrogen-bond donors (Lipinski definition) is 0. The van der Waals surface area contributed by atoms with Gasteiger partial charge in [-0.15, -0.1) is 0 Å². The molecule has 0 atom stereocenters. The lowest BCUT2D eigenvalue weighted by Crippen LogP contribution is -1.98. The molecule has 0 saturated heterocycles. The highest BCUT2D eigenvalue weighted by molar-refractivity contribution is 9.10. The molecule has 19 heavy (non-hydrogen) atoms. The van der Waals surface area contributed by atoms with Gasteiger partial charge >= 0.3 is 0 Å². The van der Waals surface area contributed by atoms with E-state index in [0.29, 0.717) is 0 Å². The maximum absolute atomic E-state index is 4.71. The first-order chi connectivity index (χ1) is 9.20. The quantitative estimate of drug-likeness (QED) is 0.716. The van der Waals surface area contributed by atoms with Crippen molar-refractivity contribution in [2.24, 2.45) is 7.05 Å². The summed E-state index contributed by atoms with van der Waals surface area (Å²) in [6.45, 7) is 2.12. The Kier molecular flexibility index (Phi) is 3.11. The second-order valence-electron chi connectivity index (χ2n) is 4.50. The third-order valence-corrected chi connectivity index (χ3v) is 3.81. The van der Waals surface area contributed by atoms with Crippen molar-refractivity contribution >= 4 is 27.0 Å². The van der Waals surface area contributed by atoms with E-state index in [2.05, 4.69) is 22.9 Å². The third kappa shape index (κ3) is 2.06. The van der Waals surface area contributed by atoms with E-state index in [4.69, 9.17) is 9.97 Å². The predicted molar refractivity (Wildman–Crippen MR) is 81.0 cm³/mol. The van der Waals surface area contributed by atoms with Gasteiger partial charge in [-0.05, 0) is 22.4 Å². The van der Waals surface area contributed by atoms with Gasteiger partial charge in [0.2, 0.25) is 0 Å². The van der Waals surface area contributed by atoms with Crippen molar-refractivity contribution < 1.29 is 0 Å². The van der Waals surface area contributed by atoms with Crippen LogP contribution in [0.25, 0.3) is 22.4 Å². The zero-order chi connectivity index (χ0) is 13.4. The van der Waals surface area contributed by atoms with Gasteiger partial charge in [0.25, 0.3) is 0 Å². The Morgan fingerprint density at radius 2 is 1.89 bits per heavy atom. The number of halogens is 1. The number of benzene rings is 1. The number of rotatable bonds is 2. The molecule has 2 aromatic heterocycles. The average Bonchev–Trinajstić information content (AvgIpc) is 2.74. The van der Waals surface area contributed by atoms with Gasteiger partial charge in [-0.3, -0.25) is 0 Å². The lowest BCUT2D eigenvalue weighted by molar-refractivity contribution is 0.936. The molecule has 0 fully saturated rings. The summed E-state index contributed by atoms with van der Waals surface area (Å²) < 4.78 is 3.09. The van der Waals surface area contributed by atoms with Crippen molar-refractivity contribution in [2.75, 3.05) is 0 Å². The fourth-order valence-corrected chi connectivity index (χ4v) is 2.98. The summed E-state index contributed by atoms with van der Waals surface area (Å²) in [4.78, 5) is 9.41. The Morgan fingerprint density at radius 1 is 1.16 bits per heavy atom. The standard InChI is InChI=1S/C15H14BrN3/c1-3-12-13-11(16)9-19(2)15(13)18-14(17-12)10-7-5-4-6-8-10/h4-9H,3H2,1-2H3. The molecule has 0 N–H and O–H groups in total. The number of aromatic nitrogens is 3. The van der Waals surface area contributed by atoms with Gasteiger partial charge in [-0.25, -0.2) is 9.97 Å². The van der Waals surface area contributed by atoms with Gasteiger partial charge in [0, 0.05) is 23.3 Å². The summed E-state index contributed by atoms with van der Waals surface area (Å²) in [5, 5.41) is 1.12. The number of nitrogens with zero attached hydrogens (tertiary/aromatic N) is 3. The lowest BCUT2D eigenvalue weighted by atomic mass is 10.2. The van der Waals surface area contributed by atoms with Crippen LogP contribution in [0.1, 0.15) is 12.6 Å². The average molecular weight is 316 g/mol. The molecule has 0 aliphatic rings. The van der Waals surface area contributed by atoms with Gasteiger partial charge in [0.05, 0.1) is 11.1 Å². The Morgan fingerprint density at radius 3 is 2.58 bits per heavy atom. The number of aryl methyl sites for hydroxylation is 2. The van der Waals surface area contributed by atoms with Gasteiger partial charge in [0.15, 0.2) is 5.82 Å². The van der Waals surface area contributed by atoms with Crippen LogP contribution in [-0.2, 0) is 13.5 Å². The third-order valence-electron chi connectivity index (χ3n) is 3.21. The summed E-state index contributed by atoms with van der Waals surface area (Å²) in [6.07, 6.45) is 2.93. The highest BCUT2D eigenvalue weighted by Crippen LogP contribution is 2.29. The summed E-state index contributed by atoms with van der Waals surface area (Å²) in [5.41, 5.74) is 3.10. The molecule has 3 rings (SSSR count). The van der Waals surface area contributed by atoms with Gasteiger partial charge in [-0.2, -0.15) is 0 Å². The summed E-state index contributed by atoms with van der Waals surface area (Å²) in [7, 11) is 2.01. The topological polar surface area (TPSA) is 30.7 Å². The molecule has 0 aliphatic heterocycles.